The number of nitrogens with zero attached hydrogens (tertiary/aromatic N) is 1. The van der Waals surface area contributed by atoms with Crippen molar-refractivity contribution in [3.8, 4) is 0 Å². The molecule has 1 aromatic heterocycles. The lowest BCUT2D eigenvalue weighted by Gasteiger charge is -2.22. The summed E-state index contributed by atoms with van der Waals surface area (Å²) >= 11 is 7.22. The summed E-state index contributed by atoms with van der Waals surface area (Å²) < 4.78 is 39.1. The van der Waals surface area contributed by atoms with Crippen LogP contribution in [0, 0.1) is 6.92 Å². The van der Waals surface area contributed by atoms with Gasteiger partial charge in [0.25, 0.3) is 0 Å². The van der Waals surface area contributed by atoms with Crippen molar-refractivity contribution in [2.45, 2.75) is 25.3 Å². The molecule has 1 aromatic carbocycles. The second-order valence-corrected chi connectivity index (χ2v) is 6.27. The Kier molecular flexibility index (Phi) is 3.20. The molecule has 8 heteroatoms. The molecule has 2 aromatic rings. The minimum Gasteiger partial charge on any atom is -0.350 e. The maximum Gasteiger partial charge on any atom is 0.458 e. The Morgan fingerprint density at radius 1 is 1.43 bits per heavy atom. The van der Waals surface area contributed by atoms with Crippen LogP contribution in [0.4, 0.5) is 13.2 Å². The van der Waals surface area contributed by atoms with E-state index in [0.29, 0.717) is 9.90 Å². The minimum absolute atomic E-state index is 0.0876. The number of hydrogen-bond acceptors (Lipinski definition) is 4. The molecule has 0 amide bonds. The summed E-state index contributed by atoms with van der Waals surface area (Å²) in [6.45, 7) is 1.78. The van der Waals surface area contributed by atoms with Crippen LogP contribution >= 0.6 is 22.9 Å². The first-order valence-electron chi connectivity index (χ1n) is 5.94. The number of fused-ring (bicyclic) bond motifs is 1. The van der Waals surface area contributed by atoms with Crippen LogP contribution in [-0.2, 0) is 4.84 Å². The first-order valence-corrected chi connectivity index (χ1v) is 7.14. The standard InChI is InChI=1S/C13H9ClF3NO2S/c1-6-8-4-7(14)2-3-10(8)21-11(6)9-5-12(19,20-18-9)13(15,16)17/h2-4,19H,5H2,1H3. The number of hydrogen-bond donors (Lipinski definition) is 1. The monoisotopic (exact) mass is 335 g/mol. The van der Waals surface area contributed by atoms with Gasteiger partial charge in [-0.05, 0) is 36.1 Å². The molecule has 0 fully saturated rings. The van der Waals surface area contributed by atoms with Crippen LogP contribution in [0.1, 0.15) is 16.9 Å². The van der Waals surface area contributed by atoms with E-state index in [1.165, 1.54) is 11.3 Å². The van der Waals surface area contributed by atoms with Crippen molar-refractivity contribution in [2.75, 3.05) is 0 Å². The van der Waals surface area contributed by atoms with Crippen molar-refractivity contribution in [1.82, 2.24) is 0 Å². The van der Waals surface area contributed by atoms with Crippen LogP contribution in [-0.4, -0.2) is 22.8 Å². The second kappa shape index (κ2) is 4.59. The third-order valence-electron chi connectivity index (χ3n) is 3.32. The molecule has 0 bridgehead atoms. The van der Waals surface area contributed by atoms with Crippen molar-refractivity contribution in [3.05, 3.63) is 33.7 Å². The molecule has 0 saturated heterocycles. The fraction of sp³-hybridized carbons (Fsp3) is 0.308. The average Bonchev–Trinajstić information content (AvgIpc) is 2.92. The van der Waals surface area contributed by atoms with E-state index in [-0.39, 0.29) is 5.71 Å². The van der Waals surface area contributed by atoms with Gasteiger partial charge in [0, 0.05) is 9.72 Å². The fourth-order valence-electron chi connectivity index (χ4n) is 2.16. The van der Waals surface area contributed by atoms with E-state index in [1.54, 1.807) is 25.1 Å². The molecule has 3 nitrogen and oxygen atoms in total. The summed E-state index contributed by atoms with van der Waals surface area (Å²) in [6.07, 6.45) is -5.62. The zero-order valence-corrected chi connectivity index (χ0v) is 12.2. The molecule has 21 heavy (non-hydrogen) atoms. The number of aryl methyl sites for hydroxylation is 1. The lowest BCUT2D eigenvalue weighted by molar-refractivity contribution is -0.355. The summed E-state index contributed by atoms with van der Waals surface area (Å²) in [7, 11) is 0. The Hall–Kier alpha value is -1.31. The molecule has 112 valence electrons. The Labute approximate surface area is 126 Å². The molecule has 0 saturated carbocycles. The third-order valence-corrected chi connectivity index (χ3v) is 4.87. The highest BCUT2D eigenvalue weighted by Crippen LogP contribution is 2.42. The van der Waals surface area contributed by atoms with E-state index in [4.69, 9.17) is 11.6 Å². The Balaban J connectivity index is 2.02. The van der Waals surface area contributed by atoms with Gasteiger partial charge in [0.2, 0.25) is 0 Å². The highest BCUT2D eigenvalue weighted by molar-refractivity contribution is 7.21. The number of rotatable bonds is 1. The predicted molar refractivity (Wildman–Crippen MR) is 74.8 cm³/mol. The quantitative estimate of drug-likeness (QED) is 0.847. The van der Waals surface area contributed by atoms with Crippen LogP contribution in [0.15, 0.2) is 23.4 Å². The molecular weight excluding hydrogens is 327 g/mol. The maximum atomic E-state index is 12.7. The maximum absolute atomic E-state index is 12.7. The van der Waals surface area contributed by atoms with Crippen LogP contribution in [0.5, 0.6) is 0 Å². The normalized spacial score (nSPS) is 22.5. The molecule has 1 unspecified atom stereocenters. The van der Waals surface area contributed by atoms with Gasteiger partial charge in [-0.25, -0.2) is 0 Å². The van der Waals surface area contributed by atoms with E-state index in [1.807, 2.05) is 0 Å². The highest BCUT2D eigenvalue weighted by atomic mass is 35.5. The van der Waals surface area contributed by atoms with Gasteiger partial charge in [-0.15, -0.1) is 11.3 Å². The van der Waals surface area contributed by atoms with Crippen molar-refractivity contribution >= 4 is 38.7 Å². The first kappa shape index (κ1) is 14.6. The number of benzene rings is 1. The van der Waals surface area contributed by atoms with Gasteiger partial charge in [0.15, 0.2) is 0 Å². The average molecular weight is 336 g/mol. The Bertz CT molecular complexity index is 756. The van der Waals surface area contributed by atoms with Gasteiger partial charge >= 0.3 is 12.0 Å². The molecule has 0 radical (unpaired) electrons. The summed E-state index contributed by atoms with van der Waals surface area (Å²) in [5.41, 5.74) is 0.857. The molecule has 3 rings (SSSR count). The topological polar surface area (TPSA) is 41.8 Å². The second-order valence-electron chi connectivity index (χ2n) is 4.78. The lowest BCUT2D eigenvalue weighted by atomic mass is 10.0. The third kappa shape index (κ3) is 2.29. The molecule has 1 aliphatic heterocycles. The molecule has 1 N–H and O–H groups in total. The van der Waals surface area contributed by atoms with Crippen LogP contribution in [0.3, 0.4) is 0 Å². The van der Waals surface area contributed by atoms with E-state index >= 15 is 0 Å². The van der Waals surface area contributed by atoms with Gasteiger partial charge in [-0.2, -0.15) is 13.2 Å². The fourth-order valence-corrected chi connectivity index (χ4v) is 3.50. The van der Waals surface area contributed by atoms with Gasteiger partial charge in [-0.3, -0.25) is 0 Å². The summed E-state index contributed by atoms with van der Waals surface area (Å²) in [4.78, 5) is 4.81. The lowest BCUT2D eigenvalue weighted by Crippen LogP contribution is -2.45. The number of aliphatic hydroxyl groups is 1. The Morgan fingerprint density at radius 2 is 2.14 bits per heavy atom. The van der Waals surface area contributed by atoms with Crippen LogP contribution in [0.2, 0.25) is 5.02 Å². The first-order chi connectivity index (χ1) is 9.71. The summed E-state index contributed by atoms with van der Waals surface area (Å²) in [5.74, 6) is -3.25. The number of alkyl halides is 3. The number of thiophene rings is 1. The number of oxime groups is 1. The van der Waals surface area contributed by atoms with E-state index in [2.05, 4.69) is 9.99 Å². The van der Waals surface area contributed by atoms with Gasteiger partial charge < -0.3 is 9.94 Å². The van der Waals surface area contributed by atoms with Crippen molar-refractivity contribution in [2.24, 2.45) is 5.16 Å². The molecular formula is C13H9ClF3NO2S. The minimum atomic E-state index is -4.90. The highest BCUT2D eigenvalue weighted by Gasteiger charge is 2.60. The summed E-state index contributed by atoms with van der Waals surface area (Å²) in [5, 5.41) is 14.3. The van der Waals surface area contributed by atoms with Crippen LogP contribution in [0.25, 0.3) is 10.1 Å². The van der Waals surface area contributed by atoms with E-state index < -0.39 is 18.4 Å². The van der Waals surface area contributed by atoms with E-state index in [0.717, 1.165) is 15.6 Å². The zero-order valence-electron chi connectivity index (χ0n) is 10.7. The zero-order chi connectivity index (χ0) is 15.4. The van der Waals surface area contributed by atoms with E-state index in [9.17, 15) is 18.3 Å². The molecule has 2 heterocycles. The van der Waals surface area contributed by atoms with Crippen molar-refractivity contribution in [1.29, 1.82) is 0 Å². The summed E-state index contributed by atoms with van der Waals surface area (Å²) in [6, 6.07) is 5.26. The Morgan fingerprint density at radius 3 is 2.76 bits per heavy atom. The smallest absolute Gasteiger partial charge is 0.350 e. The molecule has 0 spiro atoms. The van der Waals surface area contributed by atoms with Gasteiger partial charge in [0.05, 0.1) is 11.3 Å². The molecule has 0 aliphatic carbocycles. The van der Waals surface area contributed by atoms with Crippen molar-refractivity contribution < 1.29 is 23.1 Å². The van der Waals surface area contributed by atoms with Crippen molar-refractivity contribution in [3.63, 3.8) is 0 Å². The SMILES string of the molecule is Cc1c(C2=NOC(O)(C(F)(F)F)C2)sc2ccc(Cl)cc12. The van der Waals surface area contributed by atoms with Gasteiger partial charge in [-0.1, -0.05) is 16.8 Å². The van der Waals surface area contributed by atoms with Gasteiger partial charge in [0.1, 0.15) is 5.71 Å². The predicted octanol–water partition coefficient (Wildman–Crippen LogP) is 4.24. The number of halogens is 4. The molecule has 1 aliphatic rings. The molecule has 1 atom stereocenters. The largest absolute Gasteiger partial charge is 0.458 e. The van der Waals surface area contributed by atoms with Crippen LogP contribution < -0.4 is 0 Å².